The molecule has 0 spiro atoms. The van der Waals surface area contributed by atoms with Crippen molar-refractivity contribution in [3.8, 4) is 0 Å². The number of hydrogen-bond acceptors (Lipinski definition) is 5. The largest absolute Gasteiger partial charge is 0.423 e. The molecule has 0 fully saturated rings. The Labute approximate surface area is 170 Å². The molecule has 0 unspecified atom stereocenters. The summed E-state index contributed by atoms with van der Waals surface area (Å²) in [5.74, 6) is 0.461. The molecule has 0 radical (unpaired) electrons. The van der Waals surface area contributed by atoms with Crippen molar-refractivity contribution >= 4 is 45.2 Å². The van der Waals surface area contributed by atoms with Crippen molar-refractivity contribution in [2.24, 2.45) is 7.05 Å². The molecule has 0 N–H and O–H groups in total. The van der Waals surface area contributed by atoms with E-state index in [1.54, 1.807) is 13.1 Å². The number of nitrogens with zero attached hydrogens (tertiary/aromatic N) is 2. The molecule has 28 heavy (non-hydrogen) atoms. The molecule has 2 aromatic heterocycles. The van der Waals surface area contributed by atoms with Crippen LogP contribution in [0.4, 0.5) is 0 Å². The second-order valence-corrected chi connectivity index (χ2v) is 7.80. The van der Waals surface area contributed by atoms with Crippen LogP contribution < -0.4 is 11.2 Å². The third-order valence-corrected chi connectivity index (χ3v) is 6.11. The Morgan fingerprint density at radius 2 is 1.89 bits per heavy atom. The summed E-state index contributed by atoms with van der Waals surface area (Å²) >= 11 is 7.76. The number of rotatable bonds is 4. The molecule has 0 amide bonds. The number of hydrogen-bond donors (Lipinski definition) is 0. The highest BCUT2D eigenvalue weighted by Gasteiger charge is 2.13. The highest BCUT2D eigenvalue weighted by molar-refractivity contribution is 7.98. The predicted molar refractivity (Wildman–Crippen MR) is 113 cm³/mol. The summed E-state index contributed by atoms with van der Waals surface area (Å²) in [4.78, 5) is 29.2. The molecule has 0 aliphatic heterocycles. The Balaban J connectivity index is 1.76. The molecular formula is C21H17ClN2O3S. The van der Waals surface area contributed by atoms with Crippen LogP contribution in [0.25, 0.3) is 21.9 Å². The maximum atomic E-state index is 12.6. The molecular weight excluding hydrogens is 396 g/mol. The monoisotopic (exact) mass is 412 g/mol. The van der Waals surface area contributed by atoms with Crippen LogP contribution in [0.3, 0.4) is 0 Å². The second kappa shape index (κ2) is 7.45. The highest BCUT2D eigenvalue weighted by atomic mass is 35.5. The Hall–Kier alpha value is -2.57. The van der Waals surface area contributed by atoms with Crippen molar-refractivity contribution in [1.82, 2.24) is 9.55 Å². The van der Waals surface area contributed by atoms with Gasteiger partial charge < -0.3 is 4.42 Å². The van der Waals surface area contributed by atoms with Gasteiger partial charge in [-0.25, -0.2) is 9.78 Å². The van der Waals surface area contributed by atoms with Crippen molar-refractivity contribution in [1.29, 1.82) is 0 Å². The minimum absolute atomic E-state index is 0.0961. The van der Waals surface area contributed by atoms with Crippen molar-refractivity contribution in [2.75, 3.05) is 0 Å². The fourth-order valence-corrected chi connectivity index (χ4v) is 4.41. The number of benzene rings is 2. The first-order valence-corrected chi connectivity index (χ1v) is 10.2. The van der Waals surface area contributed by atoms with Crippen LogP contribution in [0.1, 0.15) is 18.1 Å². The second-order valence-electron chi connectivity index (χ2n) is 6.45. The zero-order valence-electron chi connectivity index (χ0n) is 15.4. The fraction of sp³-hybridized carbons (Fsp3) is 0.190. The molecule has 0 atom stereocenters. The Bertz CT molecular complexity index is 1330. The summed E-state index contributed by atoms with van der Waals surface area (Å²) in [6.45, 7) is 2.00. The summed E-state index contributed by atoms with van der Waals surface area (Å²) in [6, 6.07) is 12.4. The van der Waals surface area contributed by atoms with E-state index in [4.69, 9.17) is 16.0 Å². The molecule has 0 saturated carbocycles. The molecule has 2 aromatic carbocycles. The summed E-state index contributed by atoms with van der Waals surface area (Å²) in [5, 5.41) is 2.60. The third kappa shape index (κ3) is 3.34. The molecule has 5 nitrogen and oxygen atoms in total. The van der Waals surface area contributed by atoms with Gasteiger partial charge >= 0.3 is 5.63 Å². The van der Waals surface area contributed by atoms with Gasteiger partial charge in [0, 0.05) is 29.3 Å². The first-order valence-electron chi connectivity index (χ1n) is 8.81. The van der Waals surface area contributed by atoms with Gasteiger partial charge in [0.15, 0.2) is 5.16 Å². The van der Waals surface area contributed by atoms with Gasteiger partial charge in [0.05, 0.1) is 10.9 Å². The lowest BCUT2D eigenvalue weighted by atomic mass is 10.1. The maximum absolute atomic E-state index is 12.6. The van der Waals surface area contributed by atoms with Crippen molar-refractivity contribution in [3.63, 3.8) is 0 Å². The van der Waals surface area contributed by atoms with Crippen LogP contribution in [0.5, 0.6) is 0 Å². The van der Waals surface area contributed by atoms with E-state index in [-0.39, 0.29) is 5.56 Å². The number of aryl methyl sites for hydroxylation is 1. The summed E-state index contributed by atoms with van der Waals surface area (Å²) in [6.07, 6.45) is 0.751. The number of aromatic nitrogens is 2. The van der Waals surface area contributed by atoms with E-state index in [2.05, 4.69) is 4.98 Å². The Morgan fingerprint density at radius 3 is 2.68 bits per heavy atom. The van der Waals surface area contributed by atoms with Crippen LogP contribution >= 0.6 is 23.4 Å². The van der Waals surface area contributed by atoms with Crippen LogP contribution in [-0.4, -0.2) is 9.55 Å². The average molecular weight is 413 g/mol. The fourth-order valence-electron chi connectivity index (χ4n) is 3.15. The summed E-state index contributed by atoms with van der Waals surface area (Å²) in [7, 11) is 1.70. The van der Waals surface area contributed by atoms with Gasteiger partial charge in [-0.3, -0.25) is 9.36 Å². The number of fused-ring (bicyclic) bond motifs is 2. The van der Waals surface area contributed by atoms with Crippen molar-refractivity contribution < 1.29 is 4.42 Å². The average Bonchev–Trinajstić information content (AvgIpc) is 2.69. The van der Waals surface area contributed by atoms with E-state index in [1.165, 1.54) is 22.4 Å². The van der Waals surface area contributed by atoms with Gasteiger partial charge in [-0.15, -0.1) is 0 Å². The van der Waals surface area contributed by atoms with E-state index in [1.807, 2.05) is 37.3 Å². The molecule has 4 aromatic rings. The predicted octanol–water partition coefficient (Wildman–Crippen LogP) is 4.55. The van der Waals surface area contributed by atoms with Crippen LogP contribution in [0.15, 0.2) is 61.6 Å². The Kier molecular flexibility index (Phi) is 5.00. The normalized spacial score (nSPS) is 11.4. The number of halogens is 1. The van der Waals surface area contributed by atoms with Gasteiger partial charge in [0.1, 0.15) is 5.58 Å². The van der Waals surface area contributed by atoms with E-state index >= 15 is 0 Å². The maximum Gasteiger partial charge on any atom is 0.336 e. The summed E-state index contributed by atoms with van der Waals surface area (Å²) < 4.78 is 6.89. The standard InChI is InChI=1S/C21H17ClN2O3S/c1-3-12-8-18-15(10-16(12)22)13(9-19(25)27-18)11-28-21-23-17-7-5-4-6-14(17)20(26)24(21)2/h4-10H,3,11H2,1-2H3. The quantitative estimate of drug-likeness (QED) is 0.279. The zero-order valence-corrected chi connectivity index (χ0v) is 16.9. The van der Waals surface area contributed by atoms with Crippen molar-refractivity contribution in [2.45, 2.75) is 24.3 Å². The highest BCUT2D eigenvalue weighted by Crippen LogP contribution is 2.29. The smallest absolute Gasteiger partial charge is 0.336 e. The third-order valence-electron chi connectivity index (χ3n) is 4.68. The molecule has 0 bridgehead atoms. The first kappa shape index (κ1) is 18.8. The van der Waals surface area contributed by atoms with E-state index in [0.717, 1.165) is 22.9 Å². The van der Waals surface area contributed by atoms with Crippen LogP contribution in [0, 0.1) is 0 Å². The van der Waals surface area contributed by atoms with E-state index in [9.17, 15) is 9.59 Å². The van der Waals surface area contributed by atoms with E-state index < -0.39 is 5.63 Å². The minimum atomic E-state index is -0.409. The number of thioether (sulfide) groups is 1. The molecule has 2 heterocycles. The molecule has 4 rings (SSSR count). The van der Waals surface area contributed by atoms with Gasteiger partial charge in [-0.05, 0) is 41.8 Å². The van der Waals surface area contributed by atoms with Gasteiger partial charge in [-0.1, -0.05) is 42.4 Å². The van der Waals surface area contributed by atoms with Crippen molar-refractivity contribution in [3.05, 3.63) is 79.4 Å². The van der Waals surface area contributed by atoms with Gasteiger partial charge in [0.2, 0.25) is 0 Å². The van der Waals surface area contributed by atoms with Gasteiger partial charge in [-0.2, -0.15) is 0 Å². The minimum Gasteiger partial charge on any atom is -0.423 e. The SMILES string of the molecule is CCc1cc2oc(=O)cc(CSc3nc4ccccc4c(=O)n3C)c2cc1Cl. The summed E-state index contributed by atoms with van der Waals surface area (Å²) in [5.41, 5.74) is 2.39. The topological polar surface area (TPSA) is 65.1 Å². The van der Waals surface area contributed by atoms with Gasteiger partial charge in [0.25, 0.3) is 5.56 Å². The lowest BCUT2D eigenvalue weighted by Gasteiger charge is -2.10. The Morgan fingerprint density at radius 1 is 1.11 bits per heavy atom. The molecule has 0 saturated heterocycles. The van der Waals surface area contributed by atoms with Crippen LogP contribution in [0.2, 0.25) is 5.02 Å². The molecule has 142 valence electrons. The number of para-hydroxylation sites is 1. The lowest BCUT2D eigenvalue weighted by Crippen LogP contribution is -2.19. The molecule has 0 aliphatic rings. The zero-order chi connectivity index (χ0) is 19.8. The van der Waals surface area contributed by atoms with E-state index in [0.29, 0.717) is 32.4 Å². The molecule has 7 heteroatoms. The molecule has 0 aliphatic carbocycles. The van der Waals surface area contributed by atoms with Crippen LogP contribution in [-0.2, 0) is 19.2 Å². The first-order chi connectivity index (χ1) is 13.5. The lowest BCUT2D eigenvalue weighted by molar-refractivity contribution is 0.559.